The SMILES string of the molecule is CCn1cc(C(=O)Nc2ccc(Oc3cc(-c4cscn4)cn4nccc34)c(F)c2)c(=O)n(-c2ccc(F)cc2)c1=O. The molecule has 0 radical (unpaired) electrons. The van der Waals surface area contributed by atoms with Crippen molar-refractivity contribution in [2.24, 2.45) is 0 Å². The molecule has 0 unspecified atom stereocenters. The van der Waals surface area contributed by atoms with Crippen molar-refractivity contribution in [3.05, 3.63) is 122 Å². The Morgan fingerprint density at radius 1 is 1.02 bits per heavy atom. The summed E-state index contributed by atoms with van der Waals surface area (Å²) in [4.78, 5) is 43.5. The third-order valence-corrected chi connectivity index (χ3v) is 7.02. The molecular formula is C29H20F2N6O4S. The highest BCUT2D eigenvalue weighted by Gasteiger charge is 2.20. The average Bonchev–Trinajstić information content (AvgIpc) is 3.68. The molecule has 42 heavy (non-hydrogen) atoms. The van der Waals surface area contributed by atoms with E-state index in [1.165, 1.54) is 40.2 Å². The number of nitrogens with one attached hydrogen (secondary N) is 1. The number of aryl methyl sites for hydroxylation is 1. The standard InChI is InChI=1S/C29H20F2N6O4S/c1-2-35-14-21(28(39)37(29(35)40)20-6-3-18(30)4-7-20)27(38)34-19-5-8-25(22(31)12-19)41-26-11-17(23-15-42-16-32-23)13-36-24(26)9-10-33-36/h3-16H,2H2,1H3,(H,34,38). The third-order valence-electron chi connectivity index (χ3n) is 6.43. The lowest BCUT2D eigenvalue weighted by molar-refractivity contribution is 0.102. The molecule has 6 rings (SSSR count). The van der Waals surface area contributed by atoms with E-state index in [1.54, 1.807) is 41.5 Å². The number of hydrogen-bond donors (Lipinski definition) is 1. The van der Waals surface area contributed by atoms with Crippen molar-refractivity contribution in [1.29, 1.82) is 0 Å². The Morgan fingerprint density at radius 2 is 1.83 bits per heavy atom. The van der Waals surface area contributed by atoms with E-state index in [0.29, 0.717) is 17.0 Å². The van der Waals surface area contributed by atoms with E-state index in [2.05, 4.69) is 15.4 Å². The Labute approximate surface area is 239 Å². The van der Waals surface area contributed by atoms with Crippen molar-refractivity contribution in [2.75, 3.05) is 5.32 Å². The number of hydrogen-bond acceptors (Lipinski definition) is 7. The first-order valence-corrected chi connectivity index (χ1v) is 13.5. The first kappa shape index (κ1) is 26.8. The van der Waals surface area contributed by atoms with Crippen LogP contribution >= 0.6 is 11.3 Å². The Morgan fingerprint density at radius 3 is 2.55 bits per heavy atom. The molecule has 0 saturated carbocycles. The number of amides is 1. The van der Waals surface area contributed by atoms with Gasteiger partial charge < -0.3 is 10.1 Å². The van der Waals surface area contributed by atoms with Gasteiger partial charge in [-0.25, -0.2) is 27.6 Å². The van der Waals surface area contributed by atoms with Crippen LogP contribution in [-0.4, -0.2) is 29.6 Å². The zero-order chi connectivity index (χ0) is 29.4. The molecule has 2 aromatic carbocycles. The maximum atomic E-state index is 15.2. The molecule has 4 heterocycles. The number of carbonyl (C=O) groups excluding carboxylic acids is 1. The molecule has 10 nitrogen and oxygen atoms in total. The monoisotopic (exact) mass is 586 g/mol. The lowest BCUT2D eigenvalue weighted by Gasteiger charge is -2.13. The summed E-state index contributed by atoms with van der Waals surface area (Å²) in [5.41, 5.74) is 1.95. The van der Waals surface area contributed by atoms with Crippen molar-refractivity contribution in [3.63, 3.8) is 0 Å². The molecule has 0 aliphatic carbocycles. The van der Waals surface area contributed by atoms with Crippen LogP contribution in [0.5, 0.6) is 11.5 Å². The van der Waals surface area contributed by atoms with Crippen LogP contribution in [0.25, 0.3) is 22.5 Å². The van der Waals surface area contributed by atoms with Crippen molar-refractivity contribution in [3.8, 4) is 28.4 Å². The first-order chi connectivity index (χ1) is 20.3. The maximum absolute atomic E-state index is 15.2. The third kappa shape index (κ3) is 4.97. The number of benzene rings is 2. The fourth-order valence-electron chi connectivity index (χ4n) is 4.35. The van der Waals surface area contributed by atoms with Crippen LogP contribution in [0.4, 0.5) is 14.5 Å². The second kappa shape index (κ2) is 10.9. The zero-order valence-electron chi connectivity index (χ0n) is 21.8. The molecule has 13 heteroatoms. The predicted octanol–water partition coefficient (Wildman–Crippen LogP) is 5.11. The summed E-state index contributed by atoms with van der Waals surface area (Å²) in [6, 6.07) is 12.0. The van der Waals surface area contributed by atoms with E-state index in [0.717, 1.165) is 34.5 Å². The van der Waals surface area contributed by atoms with Crippen LogP contribution < -0.4 is 21.3 Å². The summed E-state index contributed by atoms with van der Waals surface area (Å²) in [6.07, 6.45) is 4.52. The topological polar surface area (TPSA) is 113 Å². The molecular weight excluding hydrogens is 566 g/mol. The lowest BCUT2D eigenvalue weighted by Crippen LogP contribution is -2.42. The largest absolute Gasteiger partial charge is 0.452 e. The highest BCUT2D eigenvalue weighted by atomic mass is 32.1. The van der Waals surface area contributed by atoms with Gasteiger partial charge in [-0.3, -0.25) is 14.2 Å². The van der Waals surface area contributed by atoms with Gasteiger partial charge >= 0.3 is 5.69 Å². The van der Waals surface area contributed by atoms with Gasteiger partial charge in [0.2, 0.25) is 0 Å². The van der Waals surface area contributed by atoms with Gasteiger partial charge in [-0.15, -0.1) is 11.3 Å². The molecule has 0 aliphatic rings. The summed E-state index contributed by atoms with van der Waals surface area (Å²) < 4.78 is 38.1. The number of halogens is 2. The number of anilines is 1. The van der Waals surface area contributed by atoms with Gasteiger partial charge in [-0.1, -0.05) is 0 Å². The molecule has 0 saturated heterocycles. The number of aromatic nitrogens is 5. The molecule has 6 aromatic rings. The van der Waals surface area contributed by atoms with Crippen LogP contribution in [0.2, 0.25) is 0 Å². The van der Waals surface area contributed by atoms with Gasteiger partial charge in [0, 0.05) is 41.6 Å². The molecule has 210 valence electrons. The minimum absolute atomic E-state index is 0.0533. The van der Waals surface area contributed by atoms with E-state index in [4.69, 9.17) is 4.74 Å². The molecule has 4 aromatic heterocycles. The summed E-state index contributed by atoms with van der Waals surface area (Å²) >= 11 is 1.44. The number of thiazole rings is 1. The first-order valence-electron chi connectivity index (χ1n) is 12.6. The normalized spacial score (nSPS) is 11.1. The molecule has 0 aliphatic heterocycles. The highest BCUT2D eigenvalue weighted by Crippen LogP contribution is 2.33. The van der Waals surface area contributed by atoms with Gasteiger partial charge in [0.05, 0.1) is 23.1 Å². The fraction of sp³-hybridized carbons (Fsp3) is 0.0690. The molecule has 1 amide bonds. The van der Waals surface area contributed by atoms with Crippen LogP contribution in [0.15, 0.2) is 93.7 Å². The molecule has 0 fully saturated rings. The van der Waals surface area contributed by atoms with Gasteiger partial charge in [0.25, 0.3) is 11.5 Å². The van der Waals surface area contributed by atoms with Gasteiger partial charge in [0.1, 0.15) is 16.9 Å². The second-order valence-electron chi connectivity index (χ2n) is 9.06. The number of rotatable bonds is 7. The van der Waals surface area contributed by atoms with E-state index in [-0.39, 0.29) is 29.2 Å². The van der Waals surface area contributed by atoms with Gasteiger partial charge in [-0.2, -0.15) is 5.10 Å². The summed E-state index contributed by atoms with van der Waals surface area (Å²) in [5, 5.41) is 8.62. The van der Waals surface area contributed by atoms with E-state index in [1.807, 2.05) is 5.38 Å². The fourth-order valence-corrected chi connectivity index (χ4v) is 4.91. The Kier molecular flexibility index (Phi) is 6.92. The summed E-state index contributed by atoms with van der Waals surface area (Å²) in [6.45, 7) is 1.83. The molecule has 0 spiro atoms. The summed E-state index contributed by atoms with van der Waals surface area (Å²) in [7, 11) is 0. The number of nitrogens with zero attached hydrogens (tertiary/aromatic N) is 5. The quantitative estimate of drug-likeness (QED) is 0.278. The number of carbonyl (C=O) groups is 1. The van der Waals surface area contributed by atoms with Crippen molar-refractivity contribution in [2.45, 2.75) is 13.5 Å². The predicted molar refractivity (Wildman–Crippen MR) is 153 cm³/mol. The summed E-state index contributed by atoms with van der Waals surface area (Å²) in [5.74, 6) is -1.94. The van der Waals surface area contributed by atoms with E-state index >= 15 is 4.39 Å². The smallest absolute Gasteiger partial charge is 0.335 e. The van der Waals surface area contributed by atoms with Crippen LogP contribution in [-0.2, 0) is 6.54 Å². The van der Waals surface area contributed by atoms with Crippen LogP contribution in [0, 0.1) is 11.6 Å². The number of ether oxygens (including phenoxy) is 1. The Bertz CT molecular complexity index is 2070. The highest BCUT2D eigenvalue weighted by molar-refractivity contribution is 7.07. The lowest BCUT2D eigenvalue weighted by atomic mass is 10.2. The van der Waals surface area contributed by atoms with Crippen molar-refractivity contribution < 1.29 is 18.3 Å². The number of fused-ring (bicyclic) bond motifs is 1. The minimum atomic E-state index is -0.904. The molecule has 0 bridgehead atoms. The number of pyridine rings is 1. The van der Waals surface area contributed by atoms with Crippen molar-refractivity contribution in [1.82, 2.24) is 23.7 Å². The minimum Gasteiger partial charge on any atom is -0.452 e. The second-order valence-corrected chi connectivity index (χ2v) is 9.78. The Balaban J connectivity index is 1.29. The van der Waals surface area contributed by atoms with E-state index in [9.17, 15) is 18.8 Å². The van der Waals surface area contributed by atoms with Crippen molar-refractivity contribution >= 4 is 28.4 Å². The van der Waals surface area contributed by atoms with Gasteiger partial charge in [0.15, 0.2) is 17.3 Å². The van der Waals surface area contributed by atoms with Gasteiger partial charge in [-0.05, 0) is 55.5 Å². The van der Waals surface area contributed by atoms with Crippen LogP contribution in [0.3, 0.4) is 0 Å². The Hall–Kier alpha value is -5.43. The zero-order valence-corrected chi connectivity index (χ0v) is 22.6. The molecule has 0 atom stereocenters. The molecule has 1 N–H and O–H groups in total. The maximum Gasteiger partial charge on any atom is 0.335 e. The van der Waals surface area contributed by atoms with Crippen LogP contribution in [0.1, 0.15) is 17.3 Å². The van der Waals surface area contributed by atoms with E-state index < -0.39 is 28.8 Å². The average molecular weight is 587 g/mol.